The summed E-state index contributed by atoms with van der Waals surface area (Å²) in [5.74, 6) is -0.0740. The Balaban J connectivity index is 0.000000617. The summed E-state index contributed by atoms with van der Waals surface area (Å²) in [5, 5.41) is 2.02. The number of carbonyl (C=O) groups excluding carboxylic acids is 5. The average Bonchev–Trinajstić information content (AvgIpc) is 0.886. The van der Waals surface area contributed by atoms with Crippen molar-refractivity contribution < 1.29 is 71.2 Å². The van der Waals surface area contributed by atoms with E-state index in [-0.39, 0.29) is 23.5 Å². The van der Waals surface area contributed by atoms with Gasteiger partial charge in [-0.2, -0.15) is 0 Å². The van der Waals surface area contributed by atoms with E-state index in [2.05, 4.69) is 34.6 Å². The maximum atomic E-state index is 11.9. The molecule has 0 aliphatic rings. The van der Waals surface area contributed by atoms with Crippen molar-refractivity contribution in [2.45, 2.75) is 91.2 Å². The second kappa shape index (κ2) is 45.5. The van der Waals surface area contributed by atoms with Crippen LogP contribution in [0, 0.1) is 0 Å². The van der Waals surface area contributed by atoms with E-state index in [1.165, 1.54) is 27.8 Å². The van der Waals surface area contributed by atoms with Crippen molar-refractivity contribution in [2.75, 3.05) is 0 Å². The van der Waals surface area contributed by atoms with Gasteiger partial charge in [-0.05, 0) is 181 Å². The highest BCUT2D eigenvalue weighted by molar-refractivity contribution is 7.81. The Bertz CT molecular complexity index is 3630. The van der Waals surface area contributed by atoms with Crippen LogP contribution in [0.25, 0.3) is 0 Å². The molecule has 0 aliphatic heterocycles. The number of hydrogen-bond acceptors (Lipinski definition) is 10. The summed E-state index contributed by atoms with van der Waals surface area (Å²) in [6, 6.07) is 60.7. The molecular weight excluding hydrogens is 1490 g/mol. The molecule has 0 aromatic heterocycles. The van der Waals surface area contributed by atoms with Gasteiger partial charge < -0.3 is 23.7 Å². The normalized spacial score (nSPS) is 9.70. The van der Waals surface area contributed by atoms with Crippen LogP contribution in [0.15, 0.2) is 237 Å². The van der Waals surface area contributed by atoms with Crippen LogP contribution in [0.4, 0.5) is 23.5 Å². The van der Waals surface area contributed by atoms with Crippen molar-refractivity contribution >= 4 is 151 Å². The van der Waals surface area contributed by atoms with Crippen molar-refractivity contribution in [3.05, 3.63) is 293 Å². The maximum Gasteiger partial charge on any atom is 0.343 e. The fraction of sp³-hybridized carbons (Fsp3) is 0.133. The Labute approximate surface area is 630 Å². The van der Waals surface area contributed by atoms with Gasteiger partial charge in [0.15, 0.2) is 0 Å². The molecule has 0 fully saturated rings. The molecule has 100 heavy (non-hydrogen) atoms. The zero-order valence-electron chi connectivity index (χ0n) is 53.8. The summed E-state index contributed by atoms with van der Waals surface area (Å²) < 4.78 is 26.2. The van der Waals surface area contributed by atoms with Crippen LogP contribution in [0.1, 0.15) is 114 Å². The lowest BCUT2D eigenvalue weighted by atomic mass is 10.1. The highest BCUT2D eigenvalue weighted by atomic mass is 35.5. The van der Waals surface area contributed by atoms with Gasteiger partial charge in [-0.1, -0.05) is 216 Å². The fourth-order valence-electron chi connectivity index (χ4n) is 7.94. The van der Waals surface area contributed by atoms with Crippen LogP contribution in [0.3, 0.4) is 0 Å². The summed E-state index contributed by atoms with van der Waals surface area (Å²) in [4.78, 5) is 62.3. The van der Waals surface area contributed by atoms with Crippen molar-refractivity contribution in [3.63, 3.8) is 0 Å². The second-order valence-corrected chi connectivity index (χ2v) is 24.4. The molecule has 10 nitrogen and oxygen atoms in total. The van der Waals surface area contributed by atoms with Gasteiger partial charge in [0, 0.05) is 30.3 Å². The third-order valence-electron chi connectivity index (χ3n) is 13.6. The molecule has 525 valence electrons. The van der Waals surface area contributed by atoms with Gasteiger partial charge in [0.1, 0.15) is 28.7 Å². The number of rotatable bonds is 15. The molecule has 0 saturated heterocycles. The Kier molecular flexibility index (Phi) is 40.8. The predicted octanol–water partition coefficient (Wildman–Crippen LogP) is 24.2. The minimum absolute atomic E-state index is 0. The monoisotopic (exact) mass is 1560 g/mol. The van der Waals surface area contributed by atoms with Gasteiger partial charge in [-0.25, -0.2) is 24.0 Å². The third-order valence-corrected chi connectivity index (χ3v) is 17.5. The van der Waals surface area contributed by atoms with Gasteiger partial charge in [0.2, 0.25) is 0 Å². The van der Waals surface area contributed by atoms with E-state index in [0.29, 0.717) is 106 Å². The summed E-state index contributed by atoms with van der Waals surface area (Å²) in [7, 11) is 0. The molecule has 0 unspecified atom stereocenters. The van der Waals surface area contributed by atoms with E-state index in [1.807, 2.05) is 60.7 Å². The molecule has 10 aromatic carbocycles. The third kappa shape index (κ3) is 28.8. The first-order valence-electron chi connectivity index (χ1n) is 29.4. The quantitative estimate of drug-likeness (QED) is 0.0555. The first-order valence-corrected chi connectivity index (χ1v) is 33.3. The number of halogens is 10. The lowest BCUT2D eigenvalue weighted by Crippen LogP contribution is -2.08. The smallest absolute Gasteiger partial charge is 0.343 e. The zero-order valence-corrected chi connectivity index (χ0v) is 61.7. The summed E-state index contributed by atoms with van der Waals surface area (Å²) >= 11 is 54.3. The number of carbonyl (C=O) groups is 5. The first-order chi connectivity index (χ1) is 45.5. The average molecular weight is 1560 g/mol. The minimum Gasteiger partial charge on any atom is -0.423 e. The Morgan fingerprint density at radius 1 is 0.240 bits per heavy atom. The number of aryl methyl sites for hydroxylation is 5. The van der Waals surface area contributed by atoms with Crippen LogP contribution >= 0.6 is 121 Å². The number of esters is 5. The van der Waals surface area contributed by atoms with Crippen LogP contribution in [-0.4, -0.2) is 29.8 Å². The summed E-state index contributed by atoms with van der Waals surface area (Å²) in [5.41, 5.74) is 8.43. The van der Waals surface area contributed by atoms with Crippen LogP contribution in [0.5, 0.6) is 28.7 Å². The van der Waals surface area contributed by atoms with Crippen LogP contribution < -0.4 is 23.7 Å². The van der Waals surface area contributed by atoms with Crippen molar-refractivity contribution in [2.24, 2.45) is 0 Å². The lowest BCUT2D eigenvalue weighted by Gasteiger charge is -2.06. The lowest BCUT2D eigenvalue weighted by molar-refractivity contribution is 0.0725. The van der Waals surface area contributed by atoms with E-state index in [1.54, 1.807) is 152 Å². The summed E-state index contributed by atoms with van der Waals surface area (Å²) in [6.45, 7) is 10.3. The van der Waals surface area contributed by atoms with Gasteiger partial charge in [0.25, 0.3) is 0 Å². The Hall–Kier alpha value is -8.25. The second-order valence-electron chi connectivity index (χ2n) is 20.2. The molecule has 0 bridgehead atoms. The van der Waals surface area contributed by atoms with Crippen LogP contribution in [0.2, 0.25) is 25.1 Å². The van der Waals surface area contributed by atoms with Gasteiger partial charge >= 0.3 is 29.8 Å². The van der Waals surface area contributed by atoms with Crippen molar-refractivity contribution in [1.29, 1.82) is 0 Å². The molecule has 0 heterocycles. The molecule has 0 aliphatic carbocycles. The zero-order chi connectivity index (χ0) is 69.1. The molecule has 0 atom stereocenters. The number of ether oxygens (including phenoxy) is 5. The van der Waals surface area contributed by atoms with Crippen LogP contribution in [-0.2, 0) is 32.1 Å². The molecule has 0 spiro atoms. The minimum atomic E-state index is -0.407. The topological polar surface area (TPSA) is 132 Å². The molecule has 10 aromatic rings. The van der Waals surface area contributed by atoms with Gasteiger partial charge in [-0.15, -0.1) is 0 Å². The van der Waals surface area contributed by atoms with Crippen molar-refractivity contribution in [1.82, 2.24) is 0 Å². The summed E-state index contributed by atoms with van der Waals surface area (Å²) in [6.07, 6.45) is 4.68. The fourth-order valence-corrected chi connectivity index (χ4v) is 9.43. The molecule has 0 amide bonds. The van der Waals surface area contributed by atoms with E-state index in [9.17, 15) is 24.0 Å². The number of hydrogen-bond donors (Lipinski definition) is 0. The van der Waals surface area contributed by atoms with Gasteiger partial charge in [0.05, 0.1) is 77.4 Å². The molecule has 5 radical (unpaired) electrons. The number of benzene rings is 10. The molecular formula is C75H65Cl5F5O10S5. The highest BCUT2D eigenvalue weighted by Crippen LogP contribution is 2.30. The molecule has 0 saturated carbocycles. The van der Waals surface area contributed by atoms with E-state index in [0.717, 1.165) is 32.1 Å². The van der Waals surface area contributed by atoms with E-state index in [4.69, 9.17) is 145 Å². The molecule has 0 N–H and O–H groups in total. The van der Waals surface area contributed by atoms with E-state index >= 15 is 0 Å². The standard InChI is InChI=1S/5C15H12ClO2S.5FH/c5*1-2-10-3-5-11(6-4-10)15(17)18-12-7-8-14(19)13(16)9-12;;;;;/h5*3-9H,2H2,1H3;5*1H. The largest absolute Gasteiger partial charge is 0.423 e. The Morgan fingerprint density at radius 3 is 0.480 bits per heavy atom. The van der Waals surface area contributed by atoms with E-state index < -0.39 is 29.8 Å². The highest BCUT2D eigenvalue weighted by Gasteiger charge is 2.15. The predicted molar refractivity (Wildman–Crippen MR) is 403 cm³/mol. The SMILES string of the molecule is CCc1ccc(C(=O)Oc2ccc([S])c(Cl)c2)cc1.CCc1ccc(C(=O)Oc2ccc([S])c(Cl)c2)cc1.CCc1ccc(C(=O)Oc2ccc([S])c(Cl)c2)cc1.CCc1ccc(C(=O)Oc2ccc([S])c(Cl)c2)cc1.CCc1ccc(C(=O)Oc2ccc([S])c(Cl)c2)cc1.F.F.F.F.F. The molecule has 10 rings (SSSR count). The van der Waals surface area contributed by atoms with Gasteiger partial charge in [-0.3, -0.25) is 23.5 Å². The first kappa shape index (κ1) is 89.8. The Morgan fingerprint density at radius 2 is 0.370 bits per heavy atom. The maximum absolute atomic E-state index is 11.9. The van der Waals surface area contributed by atoms with Crippen molar-refractivity contribution in [3.8, 4) is 28.7 Å². The molecule has 25 heteroatoms.